The van der Waals surface area contributed by atoms with Gasteiger partial charge in [-0.15, -0.1) is 0 Å². The average molecular weight is 338 g/mol. The Hall–Kier alpha value is -3.39. The van der Waals surface area contributed by atoms with Crippen molar-refractivity contribution in [3.63, 3.8) is 0 Å². The van der Waals surface area contributed by atoms with E-state index in [0.717, 1.165) is 11.0 Å². The van der Waals surface area contributed by atoms with Gasteiger partial charge in [0.1, 0.15) is 11.5 Å². The molecule has 0 aliphatic rings. The molecule has 5 N–H and O–H groups in total. The van der Waals surface area contributed by atoms with Crippen molar-refractivity contribution in [3.8, 4) is 11.5 Å². The number of para-hydroxylation sites is 2. The van der Waals surface area contributed by atoms with E-state index >= 15 is 0 Å². The molecule has 25 heavy (non-hydrogen) atoms. The summed E-state index contributed by atoms with van der Waals surface area (Å²) in [6.45, 7) is 7.09. The lowest BCUT2D eigenvalue weighted by atomic mass is 10.1. The smallest absolute Gasteiger partial charge is 0.259 e. The third kappa shape index (κ3) is 3.15. The van der Waals surface area contributed by atoms with Gasteiger partial charge in [0.15, 0.2) is 5.82 Å². The number of aromatic nitrogens is 4. The summed E-state index contributed by atoms with van der Waals surface area (Å²) < 4.78 is 0. The van der Waals surface area contributed by atoms with E-state index in [4.69, 9.17) is 5.90 Å². The number of nitrogens with zero attached hydrogens (tertiary/aromatic N) is 2. The number of aromatic amines is 2. The lowest BCUT2D eigenvalue weighted by molar-refractivity contribution is -0.112. The van der Waals surface area contributed by atoms with Crippen molar-refractivity contribution < 1.29 is 9.63 Å². The van der Waals surface area contributed by atoms with Crippen molar-refractivity contribution in [2.45, 2.75) is 13.8 Å². The molecule has 0 unspecified atom stereocenters. The molecule has 0 spiro atoms. The fraction of sp³-hybridized carbons (Fsp3) is 0.118. The van der Waals surface area contributed by atoms with Crippen LogP contribution in [-0.2, 0) is 9.63 Å². The number of carbonyl (C=O) groups excluding carboxylic acids is 1. The average Bonchev–Trinajstić information content (AvgIpc) is 3.20. The van der Waals surface area contributed by atoms with Crippen LogP contribution in [0.2, 0.25) is 0 Å². The van der Waals surface area contributed by atoms with E-state index in [-0.39, 0.29) is 11.3 Å². The van der Waals surface area contributed by atoms with Crippen molar-refractivity contribution >= 4 is 22.6 Å². The summed E-state index contributed by atoms with van der Waals surface area (Å²) >= 11 is 0. The van der Waals surface area contributed by atoms with Gasteiger partial charge in [-0.05, 0) is 31.6 Å². The number of carbonyl (C=O) groups is 1. The number of nitrogens with one attached hydrogen (secondary N) is 3. The molecule has 1 aromatic carbocycles. The number of hydrogen-bond acceptors (Lipinski definition) is 5. The van der Waals surface area contributed by atoms with Crippen LogP contribution in [0.15, 0.2) is 53.9 Å². The summed E-state index contributed by atoms with van der Waals surface area (Å²) in [6.07, 6.45) is 1.51. The molecule has 0 aliphatic carbocycles. The van der Waals surface area contributed by atoms with Crippen LogP contribution in [0.25, 0.3) is 22.6 Å². The largest absolute Gasteiger partial charge is 0.415 e. The van der Waals surface area contributed by atoms with Crippen LogP contribution in [0.3, 0.4) is 0 Å². The number of fused-ring (bicyclic) bond motifs is 1. The van der Waals surface area contributed by atoms with Gasteiger partial charge in [0.05, 0.1) is 28.5 Å². The number of allylic oxidation sites excluding steroid dienone is 1. The summed E-state index contributed by atoms with van der Waals surface area (Å²) in [6, 6.07) is 7.64. The number of hydrogen-bond donors (Lipinski definition) is 4. The molecule has 0 bridgehead atoms. The van der Waals surface area contributed by atoms with Crippen LogP contribution in [0, 0.1) is 0 Å². The molecule has 128 valence electrons. The van der Waals surface area contributed by atoms with Gasteiger partial charge in [-0.25, -0.2) is 4.98 Å². The first-order valence-electron chi connectivity index (χ1n) is 7.54. The molecule has 0 atom stereocenters. The highest BCUT2D eigenvalue weighted by atomic mass is 16.6. The zero-order chi connectivity index (χ0) is 18.0. The lowest BCUT2D eigenvalue weighted by Gasteiger charge is -2.11. The summed E-state index contributed by atoms with van der Waals surface area (Å²) in [4.78, 5) is 24.9. The highest BCUT2D eigenvalue weighted by molar-refractivity contribution is 6.08. The normalized spacial score (nSPS) is 12.0. The third-order valence-corrected chi connectivity index (χ3v) is 3.70. The standard InChI is InChI=1S/C17H18N6O2/c1-9(2)14(10(3)25-18)17(24)22-13-8-19-23-15(13)16-20-11-6-4-5-7-12(11)21-16/h4-8H,1,18H2,2-3H3,(H,19,23)(H,20,21)(H,22,24)/b14-10+. The minimum atomic E-state index is -0.394. The molecular weight excluding hydrogens is 320 g/mol. The van der Waals surface area contributed by atoms with Crippen LogP contribution in [0.1, 0.15) is 13.8 Å². The highest BCUT2D eigenvalue weighted by Crippen LogP contribution is 2.26. The minimum Gasteiger partial charge on any atom is -0.415 e. The zero-order valence-electron chi connectivity index (χ0n) is 13.9. The van der Waals surface area contributed by atoms with Crippen molar-refractivity contribution in [2.24, 2.45) is 5.90 Å². The number of benzene rings is 1. The predicted molar refractivity (Wildman–Crippen MR) is 95.1 cm³/mol. The quantitative estimate of drug-likeness (QED) is 0.246. The number of anilines is 1. The second kappa shape index (κ2) is 6.62. The van der Waals surface area contributed by atoms with Gasteiger partial charge < -0.3 is 15.1 Å². The Bertz CT molecular complexity index is 949. The van der Waals surface area contributed by atoms with Gasteiger partial charge >= 0.3 is 0 Å². The maximum atomic E-state index is 12.6. The molecule has 8 nitrogen and oxygen atoms in total. The number of nitrogens with two attached hydrogens (primary N) is 1. The second-order valence-electron chi connectivity index (χ2n) is 5.54. The van der Waals surface area contributed by atoms with Crippen LogP contribution in [-0.4, -0.2) is 26.1 Å². The van der Waals surface area contributed by atoms with E-state index in [2.05, 4.69) is 36.9 Å². The lowest BCUT2D eigenvalue weighted by Crippen LogP contribution is -2.18. The van der Waals surface area contributed by atoms with Crippen LogP contribution >= 0.6 is 0 Å². The van der Waals surface area contributed by atoms with E-state index in [1.54, 1.807) is 13.8 Å². The number of H-pyrrole nitrogens is 2. The molecule has 2 heterocycles. The predicted octanol–water partition coefficient (Wildman–Crippen LogP) is 2.63. The fourth-order valence-corrected chi connectivity index (χ4v) is 2.53. The SMILES string of the molecule is C=C(C)/C(C(=O)Nc1cn[nH]c1-c1nc2ccccc2[nH]1)=C(/C)ON. The highest BCUT2D eigenvalue weighted by Gasteiger charge is 2.19. The van der Waals surface area contributed by atoms with Crippen LogP contribution in [0.4, 0.5) is 5.69 Å². The topological polar surface area (TPSA) is 122 Å². The van der Waals surface area contributed by atoms with Crippen molar-refractivity contribution in [1.82, 2.24) is 20.2 Å². The van der Waals surface area contributed by atoms with E-state index in [1.807, 2.05) is 24.3 Å². The first-order chi connectivity index (χ1) is 12.0. The summed E-state index contributed by atoms with van der Waals surface area (Å²) in [5, 5.41) is 9.63. The summed E-state index contributed by atoms with van der Waals surface area (Å²) in [7, 11) is 0. The molecule has 3 rings (SSSR count). The second-order valence-corrected chi connectivity index (χ2v) is 5.54. The van der Waals surface area contributed by atoms with Gasteiger partial charge in [-0.2, -0.15) is 11.0 Å². The maximum absolute atomic E-state index is 12.6. The van der Waals surface area contributed by atoms with Gasteiger partial charge in [0.25, 0.3) is 5.91 Å². The number of rotatable bonds is 5. The van der Waals surface area contributed by atoms with Crippen molar-refractivity contribution in [2.75, 3.05) is 5.32 Å². The van der Waals surface area contributed by atoms with E-state index < -0.39 is 5.91 Å². The molecule has 0 saturated carbocycles. The molecule has 1 amide bonds. The summed E-state index contributed by atoms with van der Waals surface area (Å²) in [5.74, 6) is 5.63. The maximum Gasteiger partial charge on any atom is 0.259 e. The Morgan fingerprint density at radius 2 is 2.08 bits per heavy atom. The van der Waals surface area contributed by atoms with E-state index in [0.29, 0.717) is 22.8 Å². The van der Waals surface area contributed by atoms with Gasteiger partial charge in [-0.1, -0.05) is 18.7 Å². The first-order valence-corrected chi connectivity index (χ1v) is 7.54. The number of imidazole rings is 1. The Kier molecular flexibility index (Phi) is 4.36. The van der Waals surface area contributed by atoms with E-state index in [9.17, 15) is 4.79 Å². The Morgan fingerprint density at radius 1 is 1.32 bits per heavy atom. The molecular formula is C17H18N6O2. The fourth-order valence-electron chi connectivity index (χ4n) is 2.53. The van der Waals surface area contributed by atoms with Gasteiger partial charge in [0, 0.05) is 0 Å². The Morgan fingerprint density at radius 3 is 2.76 bits per heavy atom. The monoisotopic (exact) mass is 338 g/mol. The molecule has 0 radical (unpaired) electrons. The van der Waals surface area contributed by atoms with Crippen LogP contribution in [0.5, 0.6) is 0 Å². The van der Waals surface area contributed by atoms with E-state index in [1.165, 1.54) is 6.20 Å². The molecule has 2 aromatic heterocycles. The zero-order valence-corrected chi connectivity index (χ0v) is 13.9. The minimum absolute atomic E-state index is 0.277. The number of amides is 1. The van der Waals surface area contributed by atoms with Gasteiger partial charge in [-0.3, -0.25) is 9.89 Å². The van der Waals surface area contributed by atoms with Crippen molar-refractivity contribution in [1.29, 1.82) is 0 Å². The first kappa shape index (κ1) is 16.5. The molecule has 0 saturated heterocycles. The molecule has 3 aromatic rings. The third-order valence-electron chi connectivity index (χ3n) is 3.70. The van der Waals surface area contributed by atoms with Crippen molar-refractivity contribution in [3.05, 3.63) is 53.9 Å². The molecule has 0 fully saturated rings. The Balaban J connectivity index is 1.94. The summed E-state index contributed by atoms with van der Waals surface area (Å²) in [5.41, 5.74) is 3.57. The molecule has 0 aliphatic heterocycles. The van der Waals surface area contributed by atoms with Gasteiger partial charge in [0.2, 0.25) is 0 Å². The molecule has 8 heteroatoms. The Labute approximate surface area is 143 Å². The van der Waals surface area contributed by atoms with Crippen LogP contribution < -0.4 is 11.2 Å².